The number of hydrogen-bond donors (Lipinski definition) is 2. The van der Waals surface area contributed by atoms with Gasteiger partial charge in [0.25, 0.3) is 0 Å². The average molecular weight is 206 g/mol. The third-order valence-corrected chi connectivity index (χ3v) is 2.79. The van der Waals surface area contributed by atoms with Crippen LogP contribution in [0.4, 0.5) is 5.69 Å². The van der Waals surface area contributed by atoms with Gasteiger partial charge in [0.1, 0.15) is 0 Å². The first-order valence-corrected chi connectivity index (χ1v) is 5.18. The number of rotatable bonds is 4. The van der Waals surface area contributed by atoms with Crippen molar-refractivity contribution in [2.24, 2.45) is 0 Å². The van der Waals surface area contributed by atoms with Crippen LogP contribution in [0.25, 0.3) is 0 Å². The first-order chi connectivity index (χ1) is 7.12. The van der Waals surface area contributed by atoms with E-state index in [1.807, 2.05) is 44.2 Å². The standard InChI is InChI=1S/C12H18N2O/c1-4-12(2,13-3)11(15)14-10-8-6-5-7-9-10/h5-9,13H,4H2,1-3H3,(H,14,15). The van der Waals surface area contributed by atoms with E-state index >= 15 is 0 Å². The molecule has 0 aliphatic rings. The van der Waals surface area contributed by atoms with E-state index in [1.165, 1.54) is 0 Å². The van der Waals surface area contributed by atoms with Crippen molar-refractivity contribution in [3.8, 4) is 0 Å². The lowest BCUT2D eigenvalue weighted by Gasteiger charge is -2.26. The molecule has 1 aromatic carbocycles. The number of nitrogens with one attached hydrogen (secondary N) is 2. The molecule has 0 aliphatic carbocycles. The first kappa shape index (κ1) is 11.7. The van der Waals surface area contributed by atoms with Crippen LogP contribution < -0.4 is 10.6 Å². The van der Waals surface area contributed by atoms with Crippen molar-refractivity contribution in [2.45, 2.75) is 25.8 Å². The fourth-order valence-corrected chi connectivity index (χ4v) is 1.24. The predicted octanol–water partition coefficient (Wildman–Crippen LogP) is 2.01. The van der Waals surface area contributed by atoms with E-state index < -0.39 is 5.54 Å². The maximum absolute atomic E-state index is 11.9. The third-order valence-electron chi connectivity index (χ3n) is 2.79. The van der Waals surface area contributed by atoms with E-state index in [2.05, 4.69) is 10.6 Å². The van der Waals surface area contributed by atoms with Crippen LogP contribution in [0.15, 0.2) is 30.3 Å². The van der Waals surface area contributed by atoms with Crippen LogP contribution in [-0.2, 0) is 4.79 Å². The Morgan fingerprint density at radius 2 is 1.93 bits per heavy atom. The average Bonchev–Trinajstić information content (AvgIpc) is 2.29. The van der Waals surface area contributed by atoms with Gasteiger partial charge in [-0.15, -0.1) is 0 Å². The van der Waals surface area contributed by atoms with Gasteiger partial charge in [-0.25, -0.2) is 0 Å². The maximum atomic E-state index is 11.9. The normalized spacial score (nSPS) is 14.3. The summed E-state index contributed by atoms with van der Waals surface area (Å²) in [6.45, 7) is 3.88. The van der Waals surface area contributed by atoms with Crippen molar-refractivity contribution in [3.05, 3.63) is 30.3 Å². The van der Waals surface area contributed by atoms with Crippen molar-refractivity contribution in [1.29, 1.82) is 0 Å². The lowest BCUT2D eigenvalue weighted by Crippen LogP contribution is -2.50. The van der Waals surface area contributed by atoms with Crippen LogP contribution in [0.2, 0.25) is 0 Å². The zero-order valence-corrected chi connectivity index (χ0v) is 9.50. The van der Waals surface area contributed by atoms with Gasteiger partial charge in [0, 0.05) is 5.69 Å². The Kier molecular flexibility index (Phi) is 3.86. The molecule has 0 saturated carbocycles. The Hall–Kier alpha value is -1.35. The summed E-state index contributed by atoms with van der Waals surface area (Å²) in [5.41, 5.74) is 0.327. The van der Waals surface area contributed by atoms with Gasteiger partial charge in [0.05, 0.1) is 5.54 Å². The van der Waals surface area contributed by atoms with E-state index in [-0.39, 0.29) is 5.91 Å². The van der Waals surface area contributed by atoms with Crippen LogP contribution in [0, 0.1) is 0 Å². The molecule has 1 rings (SSSR count). The number of hydrogen-bond acceptors (Lipinski definition) is 2. The molecular formula is C12H18N2O. The van der Waals surface area contributed by atoms with Crippen molar-refractivity contribution in [2.75, 3.05) is 12.4 Å². The molecule has 1 unspecified atom stereocenters. The molecule has 0 aliphatic heterocycles. The van der Waals surface area contributed by atoms with Crippen molar-refractivity contribution in [1.82, 2.24) is 5.32 Å². The van der Waals surface area contributed by atoms with Crippen LogP contribution >= 0.6 is 0 Å². The van der Waals surface area contributed by atoms with E-state index in [0.29, 0.717) is 0 Å². The van der Waals surface area contributed by atoms with Crippen molar-refractivity contribution < 1.29 is 4.79 Å². The maximum Gasteiger partial charge on any atom is 0.244 e. The number of anilines is 1. The fraction of sp³-hybridized carbons (Fsp3) is 0.417. The summed E-state index contributed by atoms with van der Waals surface area (Å²) in [5.74, 6) is -0.00120. The Bertz CT molecular complexity index is 318. The molecule has 1 atom stereocenters. The number of carbonyl (C=O) groups excluding carboxylic acids is 1. The van der Waals surface area contributed by atoms with E-state index in [4.69, 9.17) is 0 Å². The van der Waals surface area contributed by atoms with Crippen LogP contribution in [0.3, 0.4) is 0 Å². The first-order valence-electron chi connectivity index (χ1n) is 5.18. The molecule has 15 heavy (non-hydrogen) atoms. The van der Waals surface area contributed by atoms with Crippen LogP contribution in [-0.4, -0.2) is 18.5 Å². The molecule has 2 N–H and O–H groups in total. The Balaban J connectivity index is 2.71. The largest absolute Gasteiger partial charge is 0.324 e. The Morgan fingerprint density at radius 3 is 2.40 bits per heavy atom. The highest BCUT2D eigenvalue weighted by molar-refractivity contribution is 5.97. The number of amides is 1. The second kappa shape index (κ2) is 4.94. The molecular weight excluding hydrogens is 188 g/mol. The lowest BCUT2D eigenvalue weighted by molar-refractivity contribution is -0.121. The molecule has 1 aromatic rings. The Morgan fingerprint density at radius 1 is 1.33 bits per heavy atom. The summed E-state index contributed by atoms with van der Waals surface area (Å²) in [5, 5.41) is 5.92. The summed E-state index contributed by atoms with van der Waals surface area (Å²) in [7, 11) is 1.80. The van der Waals surface area contributed by atoms with Crippen molar-refractivity contribution in [3.63, 3.8) is 0 Å². The molecule has 0 aromatic heterocycles. The summed E-state index contributed by atoms with van der Waals surface area (Å²) in [6.07, 6.45) is 0.752. The Labute approximate surface area is 90.9 Å². The van der Waals surface area contributed by atoms with Gasteiger partial charge >= 0.3 is 0 Å². The highest BCUT2D eigenvalue weighted by Gasteiger charge is 2.28. The minimum atomic E-state index is -0.504. The molecule has 3 nitrogen and oxygen atoms in total. The number of para-hydroxylation sites is 1. The van der Waals surface area contributed by atoms with E-state index in [0.717, 1.165) is 12.1 Å². The molecule has 0 bridgehead atoms. The summed E-state index contributed by atoms with van der Waals surface area (Å²) >= 11 is 0. The summed E-state index contributed by atoms with van der Waals surface area (Å²) in [4.78, 5) is 11.9. The quantitative estimate of drug-likeness (QED) is 0.791. The van der Waals surface area contributed by atoms with Gasteiger partial charge in [0.2, 0.25) is 5.91 Å². The van der Waals surface area contributed by atoms with Crippen molar-refractivity contribution >= 4 is 11.6 Å². The summed E-state index contributed by atoms with van der Waals surface area (Å²) in [6, 6.07) is 9.48. The van der Waals surface area contributed by atoms with E-state index in [1.54, 1.807) is 7.05 Å². The van der Waals surface area contributed by atoms with Gasteiger partial charge in [0.15, 0.2) is 0 Å². The molecule has 0 heterocycles. The predicted molar refractivity (Wildman–Crippen MR) is 62.8 cm³/mol. The second-order valence-electron chi connectivity index (χ2n) is 3.76. The van der Waals surface area contributed by atoms with Crippen LogP contribution in [0.1, 0.15) is 20.3 Å². The van der Waals surface area contributed by atoms with E-state index in [9.17, 15) is 4.79 Å². The number of likely N-dealkylation sites (N-methyl/N-ethyl adjacent to an activating group) is 1. The van der Waals surface area contributed by atoms with Gasteiger partial charge in [-0.3, -0.25) is 4.79 Å². The lowest BCUT2D eigenvalue weighted by atomic mass is 9.98. The molecule has 82 valence electrons. The monoisotopic (exact) mass is 206 g/mol. The minimum Gasteiger partial charge on any atom is -0.324 e. The number of carbonyl (C=O) groups is 1. The highest BCUT2D eigenvalue weighted by atomic mass is 16.2. The smallest absolute Gasteiger partial charge is 0.244 e. The second-order valence-corrected chi connectivity index (χ2v) is 3.76. The van der Waals surface area contributed by atoms with Gasteiger partial charge in [-0.1, -0.05) is 25.1 Å². The molecule has 0 fully saturated rings. The molecule has 0 radical (unpaired) electrons. The minimum absolute atomic E-state index is 0.00120. The number of benzene rings is 1. The SMILES string of the molecule is CCC(C)(NC)C(=O)Nc1ccccc1. The fourth-order valence-electron chi connectivity index (χ4n) is 1.24. The zero-order chi connectivity index (χ0) is 11.3. The molecule has 3 heteroatoms. The van der Waals surface area contributed by atoms with Gasteiger partial charge in [-0.05, 0) is 32.5 Å². The van der Waals surface area contributed by atoms with Gasteiger partial charge < -0.3 is 10.6 Å². The third kappa shape index (κ3) is 2.80. The molecule has 0 saturated heterocycles. The molecule has 0 spiro atoms. The topological polar surface area (TPSA) is 41.1 Å². The molecule has 1 amide bonds. The van der Waals surface area contributed by atoms with Gasteiger partial charge in [-0.2, -0.15) is 0 Å². The van der Waals surface area contributed by atoms with Crippen LogP contribution in [0.5, 0.6) is 0 Å². The zero-order valence-electron chi connectivity index (χ0n) is 9.50. The highest BCUT2D eigenvalue weighted by Crippen LogP contribution is 2.13. The summed E-state index contributed by atoms with van der Waals surface area (Å²) < 4.78 is 0.